The number of nitrogens with one attached hydrogen (secondary N) is 1. The first-order chi connectivity index (χ1) is 11.5. The van der Waals surface area contributed by atoms with E-state index in [2.05, 4.69) is 20.4 Å². The molecule has 124 valence electrons. The summed E-state index contributed by atoms with van der Waals surface area (Å²) in [5, 5.41) is 7.86. The maximum atomic E-state index is 6.04. The standard InChI is InChI=1S/C16H14Cl2N4O2/c1-9(15-21-10(2)22-24-15)20-12-3-5-13(6-4-12)23-16-14(18)7-11(17)8-19-16/h3-9,20H,1-2H3/t9-/m0/s1. The molecule has 24 heavy (non-hydrogen) atoms. The topological polar surface area (TPSA) is 73.1 Å². The lowest BCUT2D eigenvalue weighted by molar-refractivity contribution is 0.364. The summed E-state index contributed by atoms with van der Waals surface area (Å²) in [4.78, 5) is 8.25. The van der Waals surface area contributed by atoms with Gasteiger partial charge in [-0.1, -0.05) is 28.4 Å². The van der Waals surface area contributed by atoms with Crippen molar-refractivity contribution >= 4 is 28.9 Å². The van der Waals surface area contributed by atoms with E-state index in [1.54, 1.807) is 25.1 Å². The molecule has 0 spiro atoms. The van der Waals surface area contributed by atoms with Crippen molar-refractivity contribution in [2.75, 3.05) is 5.32 Å². The van der Waals surface area contributed by atoms with E-state index in [0.29, 0.717) is 33.4 Å². The van der Waals surface area contributed by atoms with Crippen LogP contribution in [-0.2, 0) is 0 Å². The lowest BCUT2D eigenvalue weighted by Crippen LogP contribution is -2.06. The van der Waals surface area contributed by atoms with Gasteiger partial charge >= 0.3 is 0 Å². The predicted molar refractivity (Wildman–Crippen MR) is 91.8 cm³/mol. The summed E-state index contributed by atoms with van der Waals surface area (Å²) in [6, 6.07) is 8.83. The van der Waals surface area contributed by atoms with Gasteiger partial charge in [0.15, 0.2) is 5.82 Å². The number of hydrogen-bond acceptors (Lipinski definition) is 6. The third-order valence-corrected chi connectivity index (χ3v) is 3.62. The van der Waals surface area contributed by atoms with Gasteiger partial charge in [0.25, 0.3) is 0 Å². The van der Waals surface area contributed by atoms with Gasteiger partial charge in [-0.15, -0.1) is 0 Å². The van der Waals surface area contributed by atoms with E-state index in [4.69, 9.17) is 32.5 Å². The Labute approximate surface area is 148 Å². The first-order valence-corrected chi connectivity index (χ1v) is 7.92. The Balaban J connectivity index is 1.67. The highest BCUT2D eigenvalue weighted by molar-refractivity contribution is 6.35. The quantitative estimate of drug-likeness (QED) is 0.683. The minimum Gasteiger partial charge on any atom is -0.438 e. The number of aryl methyl sites for hydroxylation is 1. The van der Waals surface area contributed by atoms with Crippen molar-refractivity contribution in [1.29, 1.82) is 0 Å². The van der Waals surface area contributed by atoms with Crippen molar-refractivity contribution in [3.63, 3.8) is 0 Å². The molecule has 0 aliphatic carbocycles. The Hall–Kier alpha value is -2.31. The zero-order valence-corrected chi connectivity index (χ0v) is 14.5. The molecule has 1 atom stereocenters. The van der Waals surface area contributed by atoms with Gasteiger partial charge in [-0.3, -0.25) is 0 Å². The fraction of sp³-hybridized carbons (Fsp3) is 0.188. The van der Waals surface area contributed by atoms with E-state index < -0.39 is 0 Å². The largest absolute Gasteiger partial charge is 0.438 e. The summed E-state index contributed by atoms with van der Waals surface area (Å²) in [7, 11) is 0. The van der Waals surface area contributed by atoms with Crippen LogP contribution in [0.25, 0.3) is 0 Å². The van der Waals surface area contributed by atoms with Crippen molar-refractivity contribution in [3.8, 4) is 11.6 Å². The molecule has 2 heterocycles. The normalized spacial score (nSPS) is 12.0. The van der Waals surface area contributed by atoms with Gasteiger partial charge in [-0.05, 0) is 44.2 Å². The van der Waals surface area contributed by atoms with Crippen molar-refractivity contribution in [1.82, 2.24) is 15.1 Å². The van der Waals surface area contributed by atoms with E-state index in [9.17, 15) is 0 Å². The zero-order valence-electron chi connectivity index (χ0n) is 13.0. The first kappa shape index (κ1) is 16.5. The predicted octanol–water partition coefficient (Wildman–Crippen LogP) is 5.05. The van der Waals surface area contributed by atoms with Gasteiger partial charge < -0.3 is 14.6 Å². The maximum absolute atomic E-state index is 6.04. The molecule has 0 unspecified atom stereocenters. The molecule has 0 saturated heterocycles. The third-order valence-electron chi connectivity index (χ3n) is 3.14. The van der Waals surface area contributed by atoms with Crippen LogP contribution >= 0.6 is 23.2 Å². The van der Waals surface area contributed by atoms with E-state index in [1.807, 2.05) is 19.1 Å². The molecule has 1 N–H and O–H groups in total. The molecule has 6 nitrogen and oxygen atoms in total. The van der Waals surface area contributed by atoms with Crippen molar-refractivity contribution in [2.24, 2.45) is 0 Å². The average Bonchev–Trinajstić information content (AvgIpc) is 2.98. The second-order valence-corrected chi connectivity index (χ2v) is 5.96. The highest BCUT2D eigenvalue weighted by Crippen LogP contribution is 2.30. The van der Waals surface area contributed by atoms with Crippen LogP contribution in [0.2, 0.25) is 10.0 Å². The highest BCUT2D eigenvalue weighted by atomic mass is 35.5. The molecule has 0 saturated carbocycles. The SMILES string of the molecule is Cc1noc([C@H](C)Nc2ccc(Oc3ncc(Cl)cc3Cl)cc2)n1. The van der Waals surface area contributed by atoms with Crippen LogP contribution in [-0.4, -0.2) is 15.1 Å². The van der Waals surface area contributed by atoms with Crippen molar-refractivity contribution < 1.29 is 9.26 Å². The molecule has 8 heteroatoms. The van der Waals surface area contributed by atoms with E-state index in [-0.39, 0.29) is 6.04 Å². The van der Waals surface area contributed by atoms with Crippen molar-refractivity contribution in [3.05, 3.63) is 58.3 Å². The number of pyridine rings is 1. The molecule has 0 aliphatic heterocycles. The fourth-order valence-corrected chi connectivity index (χ4v) is 2.43. The van der Waals surface area contributed by atoms with Crippen molar-refractivity contribution in [2.45, 2.75) is 19.9 Å². The second-order valence-electron chi connectivity index (χ2n) is 5.11. The Morgan fingerprint density at radius 1 is 1.21 bits per heavy atom. The first-order valence-electron chi connectivity index (χ1n) is 7.17. The monoisotopic (exact) mass is 364 g/mol. The lowest BCUT2D eigenvalue weighted by atomic mass is 10.2. The minimum atomic E-state index is -0.106. The van der Waals surface area contributed by atoms with Crippen LogP contribution in [0.1, 0.15) is 24.7 Å². The molecular formula is C16H14Cl2N4O2. The number of ether oxygens (including phenoxy) is 1. The summed E-state index contributed by atoms with van der Waals surface area (Å²) in [5.74, 6) is 2.05. The average molecular weight is 365 g/mol. The number of aromatic nitrogens is 3. The van der Waals surface area contributed by atoms with Crippen LogP contribution < -0.4 is 10.1 Å². The van der Waals surface area contributed by atoms with Crippen LogP contribution in [0.3, 0.4) is 0 Å². The summed E-state index contributed by atoms with van der Waals surface area (Å²) in [6.07, 6.45) is 1.48. The van der Waals surface area contributed by atoms with Crippen LogP contribution in [0, 0.1) is 6.92 Å². The number of rotatable bonds is 5. The van der Waals surface area contributed by atoms with Crippen LogP contribution in [0.4, 0.5) is 5.69 Å². The Kier molecular flexibility index (Phi) is 4.87. The van der Waals surface area contributed by atoms with Gasteiger partial charge in [0, 0.05) is 11.9 Å². The molecule has 0 bridgehead atoms. The number of halogens is 2. The maximum Gasteiger partial charge on any atom is 0.248 e. The Morgan fingerprint density at radius 2 is 1.96 bits per heavy atom. The zero-order chi connectivity index (χ0) is 17.1. The van der Waals surface area contributed by atoms with Crippen LogP contribution in [0.15, 0.2) is 41.1 Å². The highest BCUT2D eigenvalue weighted by Gasteiger charge is 2.12. The number of hydrogen-bond donors (Lipinski definition) is 1. The number of benzene rings is 1. The fourth-order valence-electron chi connectivity index (χ4n) is 2.01. The minimum absolute atomic E-state index is 0.106. The summed E-state index contributed by atoms with van der Waals surface area (Å²) < 4.78 is 10.8. The molecule has 1 aromatic carbocycles. The van der Waals surface area contributed by atoms with Gasteiger partial charge in [0.2, 0.25) is 11.8 Å². The molecule has 0 fully saturated rings. The lowest BCUT2D eigenvalue weighted by Gasteiger charge is -2.12. The van der Waals surface area contributed by atoms with E-state index >= 15 is 0 Å². The molecule has 3 rings (SSSR count). The van der Waals surface area contributed by atoms with E-state index in [0.717, 1.165) is 5.69 Å². The molecule has 2 aromatic heterocycles. The number of nitrogens with zero attached hydrogens (tertiary/aromatic N) is 3. The van der Waals surface area contributed by atoms with Gasteiger partial charge in [-0.25, -0.2) is 4.98 Å². The molecular weight excluding hydrogens is 351 g/mol. The smallest absolute Gasteiger partial charge is 0.248 e. The van der Waals surface area contributed by atoms with Crippen LogP contribution in [0.5, 0.6) is 11.6 Å². The summed E-state index contributed by atoms with van der Waals surface area (Å²) in [5.41, 5.74) is 0.890. The molecule has 0 aliphatic rings. The third kappa shape index (κ3) is 3.96. The Bertz CT molecular complexity index is 836. The summed E-state index contributed by atoms with van der Waals surface area (Å²) in [6.45, 7) is 3.72. The van der Waals surface area contributed by atoms with Gasteiger partial charge in [0.1, 0.15) is 16.8 Å². The molecule has 0 radical (unpaired) electrons. The van der Waals surface area contributed by atoms with Gasteiger partial charge in [0.05, 0.1) is 5.02 Å². The second kappa shape index (κ2) is 7.07. The molecule has 3 aromatic rings. The van der Waals surface area contributed by atoms with Gasteiger partial charge in [-0.2, -0.15) is 4.98 Å². The number of anilines is 1. The molecule has 0 amide bonds. The van der Waals surface area contributed by atoms with E-state index in [1.165, 1.54) is 6.20 Å². The summed E-state index contributed by atoms with van der Waals surface area (Å²) >= 11 is 11.9. The Morgan fingerprint density at radius 3 is 2.58 bits per heavy atom.